The SMILES string of the molecule is Cc1ccc(Cc2sc(NC(=O)c3cc(-c4ccco4)on3)nc2C)cc1. The van der Waals surface area contributed by atoms with Crippen molar-refractivity contribution in [2.24, 2.45) is 0 Å². The van der Waals surface area contributed by atoms with Crippen LogP contribution in [0.25, 0.3) is 11.5 Å². The molecule has 0 saturated heterocycles. The molecule has 4 aromatic rings. The zero-order valence-electron chi connectivity index (χ0n) is 14.9. The van der Waals surface area contributed by atoms with Crippen molar-refractivity contribution in [1.82, 2.24) is 10.1 Å². The lowest BCUT2D eigenvalue weighted by atomic mass is 10.1. The summed E-state index contributed by atoms with van der Waals surface area (Å²) in [7, 11) is 0. The first kappa shape index (κ1) is 17.2. The molecule has 0 aliphatic rings. The number of rotatable bonds is 5. The van der Waals surface area contributed by atoms with Crippen molar-refractivity contribution in [2.75, 3.05) is 5.32 Å². The number of aryl methyl sites for hydroxylation is 2. The number of amides is 1. The highest BCUT2D eigenvalue weighted by Crippen LogP contribution is 2.26. The summed E-state index contributed by atoms with van der Waals surface area (Å²) in [6.07, 6.45) is 2.32. The number of aromatic nitrogens is 2. The van der Waals surface area contributed by atoms with E-state index in [4.69, 9.17) is 8.94 Å². The van der Waals surface area contributed by atoms with E-state index < -0.39 is 0 Å². The Labute approximate surface area is 159 Å². The van der Waals surface area contributed by atoms with Crippen LogP contribution in [0.15, 0.2) is 57.7 Å². The molecule has 6 nitrogen and oxygen atoms in total. The van der Waals surface area contributed by atoms with E-state index in [9.17, 15) is 4.79 Å². The van der Waals surface area contributed by atoms with Crippen LogP contribution in [0.4, 0.5) is 5.13 Å². The Balaban J connectivity index is 1.46. The summed E-state index contributed by atoms with van der Waals surface area (Å²) < 4.78 is 10.4. The molecule has 1 N–H and O–H groups in total. The minimum atomic E-state index is -0.368. The Hall–Kier alpha value is -3.19. The number of nitrogens with one attached hydrogen (secondary N) is 1. The smallest absolute Gasteiger partial charge is 0.279 e. The largest absolute Gasteiger partial charge is 0.461 e. The van der Waals surface area contributed by atoms with Crippen molar-refractivity contribution >= 4 is 22.4 Å². The quantitative estimate of drug-likeness (QED) is 0.536. The number of thiazole rings is 1. The number of furan rings is 1. The summed E-state index contributed by atoms with van der Waals surface area (Å²) in [5.74, 6) is 0.555. The summed E-state index contributed by atoms with van der Waals surface area (Å²) in [6, 6.07) is 13.4. The van der Waals surface area contributed by atoms with Gasteiger partial charge in [-0.3, -0.25) is 10.1 Å². The van der Waals surface area contributed by atoms with E-state index in [2.05, 4.69) is 46.6 Å². The van der Waals surface area contributed by atoms with Crippen LogP contribution in [-0.2, 0) is 6.42 Å². The molecule has 4 rings (SSSR count). The summed E-state index contributed by atoms with van der Waals surface area (Å²) in [4.78, 5) is 18.0. The molecule has 3 aromatic heterocycles. The Morgan fingerprint density at radius 2 is 1.96 bits per heavy atom. The van der Waals surface area contributed by atoms with Crippen LogP contribution in [0.3, 0.4) is 0 Å². The molecule has 7 heteroatoms. The maximum absolute atomic E-state index is 12.4. The molecule has 0 unspecified atom stereocenters. The molecule has 1 amide bonds. The van der Waals surface area contributed by atoms with Crippen molar-refractivity contribution in [1.29, 1.82) is 0 Å². The van der Waals surface area contributed by atoms with Gasteiger partial charge in [-0.05, 0) is 31.5 Å². The first-order valence-electron chi connectivity index (χ1n) is 8.42. The van der Waals surface area contributed by atoms with Crippen LogP contribution in [-0.4, -0.2) is 16.0 Å². The molecule has 0 aliphatic heterocycles. The molecule has 0 bridgehead atoms. The highest BCUT2D eigenvalue weighted by Gasteiger charge is 2.17. The molecule has 0 aliphatic carbocycles. The van der Waals surface area contributed by atoms with Crippen molar-refractivity contribution in [3.8, 4) is 11.5 Å². The van der Waals surface area contributed by atoms with Gasteiger partial charge in [-0.15, -0.1) is 11.3 Å². The zero-order chi connectivity index (χ0) is 18.8. The van der Waals surface area contributed by atoms with Gasteiger partial charge in [0.15, 0.2) is 16.6 Å². The average Bonchev–Trinajstić information content (AvgIpc) is 3.38. The molecule has 0 radical (unpaired) electrons. The van der Waals surface area contributed by atoms with Gasteiger partial charge >= 0.3 is 0 Å². The normalized spacial score (nSPS) is 10.9. The lowest BCUT2D eigenvalue weighted by Gasteiger charge is -2.00. The Kier molecular flexibility index (Phi) is 4.60. The minimum Gasteiger partial charge on any atom is -0.461 e. The zero-order valence-corrected chi connectivity index (χ0v) is 15.7. The van der Waals surface area contributed by atoms with Gasteiger partial charge in [0.1, 0.15) is 0 Å². The van der Waals surface area contributed by atoms with E-state index in [1.807, 2.05) is 6.92 Å². The second-order valence-corrected chi connectivity index (χ2v) is 7.28. The van der Waals surface area contributed by atoms with Crippen LogP contribution in [0.5, 0.6) is 0 Å². The van der Waals surface area contributed by atoms with Gasteiger partial charge in [-0.1, -0.05) is 35.0 Å². The van der Waals surface area contributed by atoms with Gasteiger partial charge < -0.3 is 8.94 Å². The average molecular weight is 379 g/mol. The maximum Gasteiger partial charge on any atom is 0.279 e. The standard InChI is InChI=1S/C20H17N3O3S/c1-12-5-7-14(8-6-12)10-18-13(2)21-20(27-18)22-19(24)15-11-17(26-23-15)16-4-3-9-25-16/h3-9,11H,10H2,1-2H3,(H,21,22,24). The lowest BCUT2D eigenvalue weighted by Crippen LogP contribution is -2.11. The molecule has 0 spiro atoms. The van der Waals surface area contributed by atoms with E-state index in [0.717, 1.165) is 17.0 Å². The van der Waals surface area contributed by atoms with Crippen LogP contribution in [0, 0.1) is 13.8 Å². The topological polar surface area (TPSA) is 81.2 Å². The highest BCUT2D eigenvalue weighted by molar-refractivity contribution is 7.15. The van der Waals surface area contributed by atoms with Crippen molar-refractivity contribution in [2.45, 2.75) is 20.3 Å². The van der Waals surface area contributed by atoms with E-state index in [-0.39, 0.29) is 11.6 Å². The minimum absolute atomic E-state index is 0.175. The monoisotopic (exact) mass is 379 g/mol. The predicted octanol–water partition coefficient (Wildman–Crippen LogP) is 4.85. The molecular formula is C20H17N3O3S. The van der Waals surface area contributed by atoms with Crippen molar-refractivity contribution in [3.05, 3.63) is 76.1 Å². The van der Waals surface area contributed by atoms with E-state index in [1.165, 1.54) is 28.7 Å². The van der Waals surface area contributed by atoms with Crippen LogP contribution in [0.1, 0.15) is 32.2 Å². The molecule has 1 aromatic carbocycles. The number of hydrogen-bond donors (Lipinski definition) is 1. The molecule has 136 valence electrons. The van der Waals surface area contributed by atoms with Crippen molar-refractivity contribution in [3.63, 3.8) is 0 Å². The fraction of sp³-hybridized carbons (Fsp3) is 0.150. The van der Waals surface area contributed by atoms with Gasteiger partial charge in [0.2, 0.25) is 5.76 Å². The molecule has 0 saturated carbocycles. The van der Waals surface area contributed by atoms with Crippen molar-refractivity contribution < 1.29 is 13.7 Å². The summed E-state index contributed by atoms with van der Waals surface area (Å²) in [6.45, 7) is 4.01. The number of carbonyl (C=O) groups is 1. The first-order valence-corrected chi connectivity index (χ1v) is 9.24. The van der Waals surface area contributed by atoms with Gasteiger partial charge in [-0.25, -0.2) is 4.98 Å². The van der Waals surface area contributed by atoms with Gasteiger partial charge in [-0.2, -0.15) is 0 Å². The number of nitrogens with zero attached hydrogens (tertiary/aromatic N) is 2. The van der Waals surface area contributed by atoms with Crippen LogP contribution in [0.2, 0.25) is 0 Å². The van der Waals surface area contributed by atoms with Gasteiger partial charge in [0.25, 0.3) is 5.91 Å². The third-order valence-electron chi connectivity index (χ3n) is 4.11. The summed E-state index contributed by atoms with van der Waals surface area (Å²) in [5.41, 5.74) is 3.53. The van der Waals surface area contributed by atoms with E-state index in [1.54, 1.807) is 18.2 Å². The fourth-order valence-corrected chi connectivity index (χ4v) is 3.61. The lowest BCUT2D eigenvalue weighted by molar-refractivity contribution is 0.101. The third-order valence-corrected chi connectivity index (χ3v) is 5.18. The highest BCUT2D eigenvalue weighted by atomic mass is 32.1. The molecule has 0 fully saturated rings. The maximum atomic E-state index is 12.4. The number of carbonyl (C=O) groups excluding carboxylic acids is 1. The van der Waals surface area contributed by atoms with Gasteiger partial charge in [0.05, 0.1) is 12.0 Å². The van der Waals surface area contributed by atoms with Crippen LogP contribution >= 0.6 is 11.3 Å². The number of anilines is 1. The summed E-state index contributed by atoms with van der Waals surface area (Å²) >= 11 is 1.47. The Bertz CT molecular complexity index is 1060. The Morgan fingerprint density at radius 3 is 2.70 bits per heavy atom. The Morgan fingerprint density at radius 1 is 1.15 bits per heavy atom. The molecule has 0 atom stereocenters. The van der Waals surface area contributed by atoms with E-state index in [0.29, 0.717) is 16.7 Å². The van der Waals surface area contributed by atoms with Crippen LogP contribution < -0.4 is 5.32 Å². The van der Waals surface area contributed by atoms with E-state index >= 15 is 0 Å². The van der Waals surface area contributed by atoms with Gasteiger partial charge in [0, 0.05) is 17.4 Å². The third kappa shape index (κ3) is 3.83. The second kappa shape index (κ2) is 7.20. The summed E-state index contributed by atoms with van der Waals surface area (Å²) in [5, 5.41) is 7.14. The molecule has 3 heterocycles. The predicted molar refractivity (Wildman–Crippen MR) is 103 cm³/mol. The molecule has 27 heavy (non-hydrogen) atoms. The molecular weight excluding hydrogens is 362 g/mol. The first-order chi connectivity index (χ1) is 13.1. The second-order valence-electron chi connectivity index (χ2n) is 6.20. The fourth-order valence-electron chi connectivity index (χ4n) is 2.62. The number of hydrogen-bond acceptors (Lipinski definition) is 6. The number of benzene rings is 1.